The third kappa shape index (κ3) is 2.34. The molecule has 2 aromatic rings. The van der Waals surface area contributed by atoms with E-state index in [9.17, 15) is 15.3 Å². The zero-order valence-electron chi connectivity index (χ0n) is 12.8. The Balaban J connectivity index is 1.81. The smallest absolute Gasteiger partial charge is 0.129 e. The van der Waals surface area contributed by atoms with Crippen LogP contribution in [0.5, 0.6) is 17.2 Å². The lowest BCUT2D eigenvalue weighted by Gasteiger charge is -2.37. The number of aliphatic hydroxyl groups excluding tert-OH is 1. The minimum Gasteiger partial charge on any atom is -0.508 e. The summed E-state index contributed by atoms with van der Waals surface area (Å²) >= 11 is 0. The van der Waals surface area contributed by atoms with Crippen molar-refractivity contribution in [2.24, 2.45) is 5.92 Å². The van der Waals surface area contributed by atoms with Crippen molar-refractivity contribution >= 4 is 0 Å². The molecule has 2 aromatic carbocycles. The van der Waals surface area contributed by atoms with Gasteiger partial charge in [0.1, 0.15) is 23.4 Å². The highest BCUT2D eigenvalue weighted by Gasteiger charge is 2.42. The Morgan fingerprint density at radius 3 is 2.52 bits per heavy atom. The van der Waals surface area contributed by atoms with E-state index in [0.29, 0.717) is 23.1 Å². The summed E-state index contributed by atoms with van der Waals surface area (Å²) in [4.78, 5) is 0. The normalized spacial score (nSPS) is 25.5. The summed E-state index contributed by atoms with van der Waals surface area (Å²) in [5.41, 5.74) is 2.70. The Labute approximate surface area is 135 Å². The molecule has 0 saturated heterocycles. The molecule has 0 aromatic heterocycles. The first-order valence-corrected chi connectivity index (χ1v) is 8.09. The number of fused-ring (bicyclic) bond motifs is 3. The molecule has 1 aliphatic heterocycles. The Morgan fingerprint density at radius 1 is 1.00 bits per heavy atom. The summed E-state index contributed by atoms with van der Waals surface area (Å²) in [6.07, 6.45) is 3.21. The van der Waals surface area contributed by atoms with Gasteiger partial charge in [-0.2, -0.15) is 0 Å². The number of aliphatic hydroxyl groups is 1. The van der Waals surface area contributed by atoms with E-state index in [1.807, 2.05) is 12.1 Å². The predicted molar refractivity (Wildman–Crippen MR) is 85.6 cm³/mol. The highest BCUT2D eigenvalue weighted by Crippen LogP contribution is 2.55. The van der Waals surface area contributed by atoms with E-state index in [1.165, 1.54) is 0 Å². The number of hydrogen-bond donors (Lipinski definition) is 3. The molecule has 4 nitrogen and oxygen atoms in total. The van der Waals surface area contributed by atoms with E-state index in [4.69, 9.17) is 4.74 Å². The molecular weight excluding hydrogens is 292 g/mol. The van der Waals surface area contributed by atoms with Crippen LogP contribution in [0.25, 0.3) is 0 Å². The molecule has 3 N–H and O–H groups in total. The third-order valence-electron chi connectivity index (χ3n) is 5.17. The maximum Gasteiger partial charge on any atom is 0.129 e. The van der Waals surface area contributed by atoms with Gasteiger partial charge in [-0.15, -0.1) is 0 Å². The van der Waals surface area contributed by atoms with Crippen molar-refractivity contribution < 1.29 is 20.1 Å². The van der Waals surface area contributed by atoms with Crippen molar-refractivity contribution in [2.75, 3.05) is 0 Å². The summed E-state index contributed by atoms with van der Waals surface area (Å²) < 4.78 is 6.30. The summed E-state index contributed by atoms with van der Waals surface area (Å²) in [6, 6.07) is 10.5. The topological polar surface area (TPSA) is 69.9 Å². The van der Waals surface area contributed by atoms with E-state index in [0.717, 1.165) is 30.4 Å². The molecule has 2 aliphatic rings. The van der Waals surface area contributed by atoms with Gasteiger partial charge in [0.15, 0.2) is 0 Å². The largest absolute Gasteiger partial charge is 0.508 e. The van der Waals surface area contributed by atoms with Gasteiger partial charge in [-0.25, -0.2) is 0 Å². The molecule has 0 spiro atoms. The average Bonchev–Trinajstić information content (AvgIpc) is 3.04. The fourth-order valence-corrected chi connectivity index (χ4v) is 4.16. The van der Waals surface area contributed by atoms with Gasteiger partial charge in [-0.05, 0) is 48.6 Å². The molecule has 4 heteroatoms. The second-order valence-electron chi connectivity index (χ2n) is 6.51. The van der Waals surface area contributed by atoms with Gasteiger partial charge >= 0.3 is 0 Å². The molecular formula is C19H20O4. The molecule has 1 aliphatic carbocycles. The van der Waals surface area contributed by atoms with Gasteiger partial charge in [0.2, 0.25) is 0 Å². The van der Waals surface area contributed by atoms with E-state index in [-0.39, 0.29) is 24.2 Å². The van der Waals surface area contributed by atoms with Crippen molar-refractivity contribution in [1.82, 2.24) is 0 Å². The van der Waals surface area contributed by atoms with Crippen LogP contribution in [0, 0.1) is 5.92 Å². The number of benzene rings is 2. The molecule has 1 saturated carbocycles. The predicted octanol–water partition coefficient (Wildman–Crippen LogP) is 3.61. The van der Waals surface area contributed by atoms with Crippen LogP contribution in [-0.4, -0.2) is 15.3 Å². The zero-order chi connectivity index (χ0) is 16.0. The van der Waals surface area contributed by atoms with Crippen LogP contribution in [-0.2, 0) is 6.61 Å². The monoisotopic (exact) mass is 312 g/mol. The number of aromatic hydroxyl groups is 2. The molecule has 4 rings (SSSR count). The van der Waals surface area contributed by atoms with Crippen LogP contribution in [0.1, 0.15) is 48.0 Å². The van der Waals surface area contributed by atoms with E-state index >= 15 is 0 Å². The van der Waals surface area contributed by atoms with Crippen molar-refractivity contribution in [1.29, 1.82) is 0 Å². The first-order valence-electron chi connectivity index (χ1n) is 8.09. The lowest BCUT2D eigenvalue weighted by molar-refractivity contribution is 0.0999. The van der Waals surface area contributed by atoms with E-state index in [2.05, 4.69) is 0 Å². The second kappa shape index (κ2) is 5.46. The van der Waals surface area contributed by atoms with Gasteiger partial charge in [0.05, 0.1) is 6.61 Å². The van der Waals surface area contributed by atoms with Gasteiger partial charge in [-0.3, -0.25) is 0 Å². The number of phenols is 2. The average molecular weight is 312 g/mol. The number of hydrogen-bond acceptors (Lipinski definition) is 4. The molecule has 1 fully saturated rings. The van der Waals surface area contributed by atoms with Crippen LogP contribution < -0.4 is 4.74 Å². The van der Waals surface area contributed by atoms with Gasteiger partial charge in [0.25, 0.3) is 0 Å². The SMILES string of the molecule is OCc1cc(O)cc2c1O[C@H](c1ccc(O)cc1)C1CCCC21. The van der Waals surface area contributed by atoms with Crippen molar-refractivity contribution in [3.63, 3.8) is 0 Å². The molecule has 0 amide bonds. The minimum atomic E-state index is -0.156. The molecule has 23 heavy (non-hydrogen) atoms. The second-order valence-corrected chi connectivity index (χ2v) is 6.51. The van der Waals surface area contributed by atoms with Crippen molar-refractivity contribution in [2.45, 2.75) is 37.9 Å². The molecule has 120 valence electrons. The number of ether oxygens (including phenoxy) is 1. The summed E-state index contributed by atoms with van der Waals surface area (Å²) in [5.74, 6) is 1.85. The fourth-order valence-electron chi connectivity index (χ4n) is 4.16. The number of rotatable bonds is 2. The fraction of sp³-hybridized carbons (Fsp3) is 0.368. The standard InChI is InChI=1S/C19H20O4/c20-10-12-8-14(22)9-17-15-2-1-3-16(15)18(23-19(12)17)11-4-6-13(21)7-5-11/h4-9,15-16,18,20-22H,1-3,10H2/t15?,16?,18-/m1/s1. The summed E-state index contributed by atoms with van der Waals surface area (Å²) in [5, 5.41) is 29.1. The van der Waals surface area contributed by atoms with Gasteiger partial charge in [0, 0.05) is 17.0 Å². The van der Waals surface area contributed by atoms with Crippen LogP contribution in [0.2, 0.25) is 0 Å². The first kappa shape index (κ1) is 14.4. The lowest BCUT2D eigenvalue weighted by atomic mass is 9.79. The van der Waals surface area contributed by atoms with E-state index < -0.39 is 0 Å². The van der Waals surface area contributed by atoms with E-state index in [1.54, 1.807) is 24.3 Å². The summed E-state index contributed by atoms with van der Waals surface area (Å²) in [6.45, 7) is -0.156. The Kier molecular flexibility index (Phi) is 3.42. The van der Waals surface area contributed by atoms with Crippen LogP contribution >= 0.6 is 0 Å². The van der Waals surface area contributed by atoms with Crippen LogP contribution in [0.3, 0.4) is 0 Å². The maximum atomic E-state index is 9.94. The maximum absolute atomic E-state index is 9.94. The van der Waals surface area contributed by atoms with Gasteiger partial charge in [-0.1, -0.05) is 18.6 Å². The van der Waals surface area contributed by atoms with Gasteiger partial charge < -0.3 is 20.1 Å². The minimum absolute atomic E-state index is 0.0783. The lowest BCUT2D eigenvalue weighted by Crippen LogP contribution is -2.27. The Morgan fingerprint density at radius 2 is 1.78 bits per heavy atom. The first-order chi connectivity index (χ1) is 11.2. The number of phenolic OH excluding ortho intramolecular Hbond substituents is 2. The van der Waals surface area contributed by atoms with Crippen LogP contribution in [0.4, 0.5) is 0 Å². The van der Waals surface area contributed by atoms with Crippen LogP contribution in [0.15, 0.2) is 36.4 Å². The third-order valence-corrected chi connectivity index (χ3v) is 5.17. The Bertz CT molecular complexity index is 723. The molecule has 3 atom stereocenters. The quantitative estimate of drug-likeness (QED) is 0.792. The highest BCUT2D eigenvalue weighted by molar-refractivity contribution is 5.51. The zero-order valence-corrected chi connectivity index (χ0v) is 12.8. The van der Waals surface area contributed by atoms with Crippen molar-refractivity contribution in [3.05, 3.63) is 53.1 Å². The molecule has 0 radical (unpaired) electrons. The van der Waals surface area contributed by atoms with Crippen molar-refractivity contribution in [3.8, 4) is 17.2 Å². The molecule has 0 bridgehead atoms. The summed E-state index contributed by atoms with van der Waals surface area (Å²) in [7, 11) is 0. The molecule has 2 unspecified atom stereocenters. The highest BCUT2D eigenvalue weighted by atomic mass is 16.5. The Hall–Kier alpha value is -2.20. The molecule has 1 heterocycles.